The molecule has 0 saturated carbocycles. The molecule has 0 spiro atoms. The number of benzene rings is 5. The van der Waals surface area contributed by atoms with Gasteiger partial charge in [0.1, 0.15) is 5.82 Å². The Hall–Kier alpha value is -6.89. The molecule has 7 heterocycles. The van der Waals surface area contributed by atoms with Crippen LogP contribution in [0.5, 0.6) is 11.5 Å². The van der Waals surface area contributed by atoms with E-state index in [2.05, 4.69) is 161 Å². The molecule has 0 saturated heterocycles. The zero-order valence-electron chi connectivity index (χ0n) is 33.1. The second kappa shape index (κ2) is 13.3. The van der Waals surface area contributed by atoms with Crippen molar-refractivity contribution < 1.29 is 30.4 Å². The van der Waals surface area contributed by atoms with Crippen molar-refractivity contribution >= 4 is 70.9 Å². The first-order valence-corrected chi connectivity index (χ1v) is 19.8. The van der Waals surface area contributed by atoms with E-state index in [1.807, 2.05) is 42.1 Å². The van der Waals surface area contributed by atoms with E-state index in [4.69, 9.17) is 14.7 Å². The Morgan fingerprint density at radius 2 is 1.30 bits per heavy atom. The minimum Gasteiger partial charge on any atom is -0.522 e. The molecule has 9 heteroatoms. The zero-order valence-corrected chi connectivity index (χ0v) is 35.4. The summed E-state index contributed by atoms with van der Waals surface area (Å²) < 4.78 is 15.2. The van der Waals surface area contributed by atoms with Crippen LogP contribution in [-0.4, -0.2) is 28.5 Å². The Balaban J connectivity index is 0.00000408. The molecule has 0 aliphatic carbocycles. The van der Waals surface area contributed by atoms with Crippen molar-refractivity contribution in [3.63, 3.8) is 0 Å². The third-order valence-electron chi connectivity index (χ3n) is 11.6. The van der Waals surface area contributed by atoms with Crippen molar-refractivity contribution in [1.82, 2.24) is 28.5 Å². The first kappa shape index (κ1) is 36.2. The fraction of sp³-hybridized carbons (Fsp3) is 0.0980. The van der Waals surface area contributed by atoms with E-state index in [0.717, 1.165) is 50.0 Å². The molecule has 0 unspecified atom stereocenters. The van der Waals surface area contributed by atoms with Gasteiger partial charge in [0.05, 0.1) is 39.1 Å². The van der Waals surface area contributed by atoms with E-state index >= 15 is 0 Å². The molecule has 0 amide bonds. The number of hydrogen-bond acceptors (Lipinski definition) is 4. The number of nitrogens with zero attached hydrogens (tertiary/aromatic N) is 7. The Kier molecular flexibility index (Phi) is 8.03. The van der Waals surface area contributed by atoms with Crippen molar-refractivity contribution in [1.29, 1.82) is 0 Å². The Morgan fingerprint density at radius 3 is 2.05 bits per heavy atom. The smallest absolute Gasteiger partial charge is 0.269 e. The number of hydrogen-bond donors (Lipinski definition) is 0. The average molecular weight is 957 g/mol. The second-order valence-electron chi connectivity index (χ2n) is 16.3. The molecule has 0 fully saturated rings. The molecule has 0 atom stereocenters. The summed E-state index contributed by atoms with van der Waals surface area (Å²) in [5.41, 5.74) is 10.6. The predicted octanol–water partition coefficient (Wildman–Crippen LogP) is 11.1. The molecule has 0 bridgehead atoms. The van der Waals surface area contributed by atoms with Crippen LogP contribution in [0.1, 0.15) is 32.0 Å². The summed E-state index contributed by atoms with van der Waals surface area (Å²) >= 11 is 0. The third-order valence-corrected chi connectivity index (χ3v) is 11.6. The first-order chi connectivity index (χ1) is 28.8. The molecule has 0 aliphatic heterocycles. The van der Waals surface area contributed by atoms with Crippen LogP contribution in [0.25, 0.3) is 88.3 Å². The van der Waals surface area contributed by atoms with Gasteiger partial charge < -0.3 is 13.7 Å². The molecule has 12 aromatic rings. The van der Waals surface area contributed by atoms with Crippen molar-refractivity contribution in [2.45, 2.75) is 33.1 Å². The number of pyridine rings is 3. The van der Waals surface area contributed by atoms with E-state index in [-0.39, 0.29) is 26.5 Å². The van der Waals surface area contributed by atoms with Gasteiger partial charge in [-0.2, -0.15) is 18.2 Å². The predicted molar refractivity (Wildman–Crippen MR) is 234 cm³/mol. The summed E-state index contributed by atoms with van der Waals surface area (Å²) in [6.07, 6.45) is 9.21. The maximum absolute atomic E-state index is 6.55. The van der Waals surface area contributed by atoms with E-state index < -0.39 is 0 Å². The maximum Gasteiger partial charge on any atom is 0.269 e. The normalized spacial score (nSPS) is 12.2. The number of imidazole rings is 1. The van der Waals surface area contributed by atoms with Crippen LogP contribution in [0, 0.1) is 25.4 Å². The molecule has 0 N–H and O–H groups in total. The summed E-state index contributed by atoms with van der Waals surface area (Å²) in [5.74, 6) is 2.44. The van der Waals surface area contributed by atoms with E-state index in [0.29, 0.717) is 17.3 Å². The van der Waals surface area contributed by atoms with Gasteiger partial charge in [-0.05, 0) is 71.5 Å². The Bertz CT molecular complexity index is 3580. The molecule has 292 valence electrons. The summed E-state index contributed by atoms with van der Waals surface area (Å²) in [7, 11) is 0. The summed E-state index contributed by atoms with van der Waals surface area (Å²) in [5, 5.41) is 6.91. The Labute approximate surface area is 359 Å². The van der Waals surface area contributed by atoms with Gasteiger partial charge in [-0.25, -0.2) is 4.98 Å². The number of rotatable bonds is 5. The van der Waals surface area contributed by atoms with Crippen molar-refractivity contribution in [2.75, 3.05) is 0 Å². The molecular weight excluding hydrogens is 922 g/mol. The van der Waals surface area contributed by atoms with Crippen molar-refractivity contribution in [2.24, 2.45) is 0 Å². The van der Waals surface area contributed by atoms with Crippen LogP contribution in [0.4, 0.5) is 0 Å². The van der Waals surface area contributed by atoms with Gasteiger partial charge in [-0.1, -0.05) is 93.1 Å². The van der Waals surface area contributed by atoms with Gasteiger partial charge >= 0.3 is 0 Å². The van der Waals surface area contributed by atoms with Crippen LogP contribution in [-0.2, 0) is 26.5 Å². The van der Waals surface area contributed by atoms with Crippen LogP contribution in [0.3, 0.4) is 0 Å². The Morgan fingerprint density at radius 1 is 0.617 bits per heavy atom. The number of aryl methyl sites for hydroxylation is 1. The monoisotopic (exact) mass is 956 g/mol. The molecular formula is C51H35N7OPt-2. The topological polar surface area (TPSA) is 66.1 Å². The molecule has 8 nitrogen and oxygen atoms in total. The number of fused-ring (bicyclic) bond motifs is 10. The van der Waals surface area contributed by atoms with E-state index in [9.17, 15) is 0 Å². The fourth-order valence-corrected chi connectivity index (χ4v) is 8.84. The van der Waals surface area contributed by atoms with Gasteiger partial charge in [0, 0.05) is 72.0 Å². The second-order valence-corrected chi connectivity index (χ2v) is 16.3. The fourth-order valence-electron chi connectivity index (χ4n) is 8.84. The number of para-hydroxylation sites is 4. The molecule has 0 aliphatic rings. The molecule has 5 aromatic carbocycles. The molecule has 0 radical (unpaired) electrons. The maximum atomic E-state index is 6.55. The van der Waals surface area contributed by atoms with Crippen molar-refractivity contribution in [3.8, 4) is 28.8 Å². The van der Waals surface area contributed by atoms with Gasteiger partial charge in [0.2, 0.25) is 0 Å². The minimum atomic E-state index is -0.0411. The average Bonchev–Trinajstić information content (AvgIpc) is 3.99. The summed E-state index contributed by atoms with van der Waals surface area (Å²) in [6.45, 7) is 8.65. The van der Waals surface area contributed by atoms with E-state index in [1.54, 1.807) is 6.20 Å². The van der Waals surface area contributed by atoms with Crippen LogP contribution in [0.15, 0.2) is 140 Å². The third kappa shape index (κ3) is 5.40. The van der Waals surface area contributed by atoms with Crippen molar-refractivity contribution in [3.05, 3.63) is 170 Å². The quantitative estimate of drug-likeness (QED) is 0.127. The molecule has 60 heavy (non-hydrogen) atoms. The van der Waals surface area contributed by atoms with Gasteiger partial charge in [0.25, 0.3) is 6.33 Å². The summed E-state index contributed by atoms with van der Waals surface area (Å²) in [4.78, 5) is 14.3. The van der Waals surface area contributed by atoms with Crippen LogP contribution >= 0.6 is 0 Å². The van der Waals surface area contributed by atoms with Gasteiger partial charge in [0.15, 0.2) is 0 Å². The SMILES string of the molecule is Cc1cc2c(cn1)c1ccc(Oc3[c-]c(-n4[c-][n+](-c5cc6c7ccccc7n7c8ccccc8c(c5)c67)c5ccccc54)ncc3)[c-]c1n2-c1cc(C(C)(C)C)ccn1.[Pt]. The van der Waals surface area contributed by atoms with Crippen LogP contribution in [0.2, 0.25) is 0 Å². The molecule has 7 aromatic heterocycles. The zero-order chi connectivity index (χ0) is 39.6. The number of aromatic nitrogens is 7. The largest absolute Gasteiger partial charge is 0.522 e. The standard InChI is InChI=1S/C51H35N7O.Pt/c1-31-23-46-41(29-54-31)38-18-17-34(27-47(38)57(46)49-24-32(19-21-53-49)51(2,3)4)59-35-20-22-52-48(28-35)56-30-55(44-15-9-10-16-45(44)56)33-25-39-36-11-5-7-13-42(36)58-43-14-8-6-12-37(43)40(26-33)50(39)58;/h5-26,29H,1-4H3;/q-2;. The molecule has 12 rings (SSSR count). The van der Waals surface area contributed by atoms with Crippen LogP contribution < -0.4 is 9.30 Å². The van der Waals surface area contributed by atoms with Gasteiger partial charge in [-0.15, -0.1) is 17.5 Å². The minimum absolute atomic E-state index is 0. The van der Waals surface area contributed by atoms with Gasteiger partial charge in [-0.3, -0.25) is 19.1 Å². The number of ether oxygens (including phenoxy) is 1. The van der Waals surface area contributed by atoms with E-state index in [1.165, 1.54) is 43.7 Å². The summed E-state index contributed by atoms with van der Waals surface area (Å²) in [6, 6.07) is 49.4. The first-order valence-electron chi connectivity index (χ1n) is 19.8.